The number of anilines is 1. The third-order valence-corrected chi connectivity index (χ3v) is 6.83. The maximum absolute atomic E-state index is 13.0. The number of fused-ring (bicyclic) bond motifs is 1. The van der Waals surface area contributed by atoms with Gasteiger partial charge in [-0.25, -0.2) is 15.0 Å². The van der Waals surface area contributed by atoms with Crippen molar-refractivity contribution in [2.45, 2.75) is 26.6 Å². The molecule has 0 fully saturated rings. The van der Waals surface area contributed by atoms with Crippen molar-refractivity contribution in [3.05, 3.63) is 106 Å². The second kappa shape index (κ2) is 12.5. The van der Waals surface area contributed by atoms with Crippen LogP contribution in [0.1, 0.15) is 39.7 Å². The predicted molar refractivity (Wildman–Crippen MR) is 157 cm³/mol. The number of nitrogens with two attached hydrogens (primary N) is 1. The van der Waals surface area contributed by atoms with Crippen molar-refractivity contribution in [2.24, 2.45) is 5.73 Å². The molecule has 0 saturated carbocycles. The lowest BCUT2D eigenvalue weighted by Crippen LogP contribution is -2.47. The van der Waals surface area contributed by atoms with Gasteiger partial charge in [0.25, 0.3) is 11.8 Å². The molecule has 12 heteroatoms. The molecule has 2 N–H and O–H groups in total. The van der Waals surface area contributed by atoms with Gasteiger partial charge in [0.05, 0.1) is 16.8 Å². The number of pyridine rings is 1. The largest absolute Gasteiger partial charge is 0.487 e. The minimum Gasteiger partial charge on any atom is -0.487 e. The third-order valence-electron chi connectivity index (χ3n) is 6.48. The molecule has 0 aliphatic heterocycles. The van der Waals surface area contributed by atoms with E-state index in [9.17, 15) is 27.6 Å². The first kappa shape index (κ1) is 31.0. The van der Waals surface area contributed by atoms with E-state index in [1.807, 2.05) is 25.1 Å². The van der Waals surface area contributed by atoms with Gasteiger partial charge in [0.15, 0.2) is 0 Å². The Morgan fingerprint density at radius 1 is 1.02 bits per heavy atom. The summed E-state index contributed by atoms with van der Waals surface area (Å²) in [4.78, 5) is 43.1. The first-order valence-electron chi connectivity index (χ1n) is 12.8. The monoisotopic (exact) mass is 610 g/mol. The SMILES string of the molecule is CC(=O)N(c1ccc(Cl)c(COc2cccc3ccc(C)nc23)c1C(N)=O)N(C)C(=O)/C=C/c1ccc(C(F)(F)F)cc1. The number of hydrogen-bond donors (Lipinski definition) is 1. The number of aromatic nitrogens is 1. The fraction of sp³-hybridized carbons (Fsp3) is 0.161. The van der Waals surface area contributed by atoms with Crippen LogP contribution in [0.15, 0.2) is 72.8 Å². The number of nitrogens with zero attached hydrogens (tertiary/aromatic N) is 3. The zero-order valence-corrected chi connectivity index (χ0v) is 24.0. The summed E-state index contributed by atoms with van der Waals surface area (Å²) in [5, 5.41) is 2.87. The van der Waals surface area contributed by atoms with Gasteiger partial charge < -0.3 is 10.5 Å². The summed E-state index contributed by atoms with van der Waals surface area (Å²) in [6, 6.07) is 16.2. The normalized spacial score (nSPS) is 11.5. The topological polar surface area (TPSA) is 106 Å². The van der Waals surface area contributed by atoms with E-state index in [-0.39, 0.29) is 28.4 Å². The van der Waals surface area contributed by atoms with E-state index < -0.39 is 29.5 Å². The molecule has 222 valence electrons. The Balaban J connectivity index is 1.65. The van der Waals surface area contributed by atoms with Crippen LogP contribution in [-0.2, 0) is 22.4 Å². The summed E-state index contributed by atoms with van der Waals surface area (Å²) in [7, 11) is 1.29. The number of benzene rings is 3. The van der Waals surface area contributed by atoms with Crippen LogP contribution in [0, 0.1) is 6.92 Å². The van der Waals surface area contributed by atoms with Crippen LogP contribution in [-0.4, -0.2) is 34.8 Å². The molecule has 0 saturated heterocycles. The average Bonchev–Trinajstić information content (AvgIpc) is 2.95. The second-order valence-corrected chi connectivity index (χ2v) is 9.91. The van der Waals surface area contributed by atoms with Gasteiger partial charge in [-0.1, -0.05) is 41.9 Å². The van der Waals surface area contributed by atoms with Crippen LogP contribution >= 0.6 is 11.6 Å². The number of carbonyl (C=O) groups is 3. The number of amides is 3. The van der Waals surface area contributed by atoms with E-state index in [2.05, 4.69) is 4.98 Å². The molecule has 0 unspecified atom stereocenters. The molecule has 0 spiro atoms. The smallest absolute Gasteiger partial charge is 0.416 e. The van der Waals surface area contributed by atoms with Gasteiger partial charge in [-0.3, -0.25) is 14.4 Å². The van der Waals surface area contributed by atoms with Gasteiger partial charge >= 0.3 is 6.18 Å². The highest BCUT2D eigenvalue weighted by atomic mass is 35.5. The summed E-state index contributed by atoms with van der Waals surface area (Å²) in [6.07, 6.45) is -2.11. The molecule has 4 aromatic rings. The van der Waals surface area contributed by atoms with Gasteiger partial charge in [0.2, 0.25) is 5.91 Å². The molecule has 3 amide bonds. The van der Waals surface area contributed by atoms with Crippen LogP contribution in [0.4, 0.5) is 18.9 Å². The van der Waals surface area contributed by atoms with E-state index in [4.69, 9.17) is 22.1 Å². The quantitative estimate of drug-likeness (QED) is 0.194. The van der Waals surface area contributed by atoms with E-state index >= 15 is 0 Å². The highest BCUT2D eigenvalue weighted by Gasteiger charge is 2.30. The van der Waals surface area contributed by atoms with Crippen molar-refractivity contribution in [2.75, 3.05) is 12.1 Å². The van der Waals surface area contributed by atoms with E-state index in [0.717, 1.165) is 39.3 Å². The number of alkyl halides is 3. The minimum atomic E-state index is -4.49. The summed E-state index contributed by atoms with van der Waals surface area (Å²) < 4.78 is 44.6. The average molecular weight is 611 g/mol. The number of aryl methyl sites for hydroxylation is 1. The number of carbonyl (C=O) groups excluding carboxylic acids is 3. The van der Waals surface area contributed by atoms with Gasteiger partial charge in [-0.2, -0.15) is 13.2 Å². The number of ether oxygens (including phenoxy) is 1. The zero-order chi connectivity index (χ0) is 31.5. The van der Waals surface area contributed by atoms with Gasteiger partial charge in [-0.05, 0) is 55.0 Å². The molecule has 4 rings (SSSR count). The van der Waals surface area contributed by atoms with Crippen LogP contribution in [0.25, 0.3) is 17.0 Å². The fourth-order valence-electron chi connectivity index (χ4n) is 4.39. The standard InChI is InChI=1S/C31H26ClF3N4O4/c1-18-7-11-21-5-4-6-26(29(21)37-18)43-17-23-24(32)14-15-25(28(23)30(36)42)39(19(2)40)38(3)27(41)16-10-20-8-12-22(13-9-20)31(33,34)35/h4-16H,17H2,1-3H3,(H2,36,42)/b16-10+. The van der Waals surface area contributed by atoms with Crippen molar-refractivity contribution in [3.63, 3.8) is 0 Å². The molecule has 1 heterocycles. The zero-order valence-electron chi connectivity index (χ0n) is 23.3. The Labute approximate surface area is 250 Å². The van der Waals surface area contributed by atoms with Crippen molar-refractivity contribution in [3.8, 4) is 5.75 Å². The molecule has 0 bridgehead atoms. The maximum atomic E-state index is 13.0. The van der Waals surface area contributed by atoms with Crippen LogP contribution in [0.5, 0.6) is 5.75 Å². The lowest BCUT2D eigenvalue weighted by molar-refractivity contribution is -0.137. The lowest BCUT2D eigenvalue weighted by Gasteiger charge is -2.32. The molecule has 3 aromatic carbocycles. The Morgan fingerprint density at radius 3 is 2.35 bits per heavy atom. The van der Waals surface area contributed by atoms with E-state index in [0.29, 0.717) is 16.8 Å². The molecule has 8 nitrogen and oxygen atoms in total. The number of hydrazine groups is 1. The minimum absolute atomic E-state index is 0.0198. The molecule has 0 aliphatic rings. The number of hydrogen-bond acceptors (Lipinski definition) is 5. The van der Waals surface area contributed by atoms with E-state index in [1.165, 1.54) is 44.3 Å². The molecular formula is C31H26ClF3N4O4. The van der Waals surface area contributed by atoms with Crippen molar-refractivity contribution in [1.29, 1.82) is 0 Å². The molecule has 1 aromatic heterocycles. The van der Waals surface area contributed by atoms with Crippen molar-refractivity contribution in [1.82, 2.24) is 9.99 Å². The van der Waals surface area contributed by atoms with Crippen molar-refractivity contribution >= 4 is 52.0 Å². The van der Waals surface area contributed by atoms with Crippen LogP contribution in [0.2, 0.25) is 5.02 Å². The first-order valence-corrected chi connectivity index (χ1v) is 13.2. The summed E-state index contributed by atoms with van der Waals surface area (Å²) in [6.45, 7) is 2.81. The van der Waals surface area contributed by atoms with Crippen molar-refractivity contribution < 1.29 is 32.3 Å². The number of likely N-dealkylation sites (N-methyl/N-ethyl adjacent to an activating group) is 1. The maximum Gasteiger partial charge on any atom is 0.416 e. The molecule has 0 radical (unpaired) electrons. The number of para-hydroxylation sites is 1. The second-order valence-electron chi connectivity index (χ2n) is 9.50. The van der Waals surface area contributed by atoms with Crippen LogP contribution in [0.3, 0.4) is 0 Å². The third kappa shape index (κ3) is 6.95. The Kier molecular flexibility index (Phi) is 9.05. The summed E-state index contributed by atoms with van der Waals surface area (Å²) >= 11 is 6.47. The highest BCUT2D eigenvalue weighted by molar-refractivity contribution is 6.32. The summed E-state index contributed by atoms with van der Waals surface area (Å²) in [5.74, 6) is -1.84. The van der Waals surface area contributed by atoms with Crippen LogP contribution < -0.4 is 15.5 Å². The Morgan fingerprint density at radius 2 is 1.72 bits per heavy atom. The van der Waals surface area contributed by atoms with Gasteiger partial charge in [0.1, 0.15) is 17.9 Å². The van der Waals surface area contributed by atoms with Gasteiger partial charge in [-0.15, -0.1) is 0 Å². The number of primary amides is 1. The van der Waals surface area contributed by atoms with Gasteiger partial charge in [0, 0.05) is 41.7 Å². The predicted octanol–water partition coefficient (Wildman–Crippen LogP) is 6.33. The Hall–Kier alpha value is -4.90. The highest BCUT2D eigenvalue weighted by Crippen LogP contribution is 2.33. The lowest BCUT2D eigenvalue weighted by atomic mass is 10.0. The number of halogens is 4. The van der Waals surface area contributed by atoms with E-state index in [1.54, 1.807) is 12.1 Å². The molecule has 0 aliphatic carbocycles. The molecule has 0 atom stereocenters. The molecule has 43 heavy (non-hydrogen) atoms. The first-order chi connectivity index (χ1) is 20.3. The summed E-state index contributed by atoms with van der Waals surface area (Å²) in [5.41, 5.74) is 6.65. The Bertz CT molecular complexity index is 1740. The number of rotatable bonds is 7. The fourth-order valence-corrected chi connectivity index (χ4v) is 4.60. The molecular weight excluding hydrogens is 585 g/mol.